The van der Waals surface area contributed by atoms with Crippen LogP contribution in [0, 0.1) is 6.92 Å². The van der Waals surface area contributed by atoms with E-state index in [1.165, 1.54) is 5.56 Å². The third kappa shape index (κ3) is 13.4. The number of aryl methyl sites for hydroxylation is 1. The number of hydrogen-bond donors (Lipinski definition) is 9. The summed E-state index contributed by atoms with van der Waals surface area (Å²) in [6, 6.07) is 57.6. The summed E-state index contributed by atoms with van der Waals surface area (Å²) < 4.78 is 7.76. The standard InChI is InChI=1S/C22H17N5O.C18H13N7.C18H18N6.C17H16N6/c1-14-4-7-17(8-5-14)28-22-18-9-6-16(13-15(18)10-12-24-22)25-21-20-19(26-27-21)3-2-11-23-20;1-3-15-16(19-7-1)17(24-23-15)22-13-4-5-14-12(11-13)6-9-20-18(14)25-10-2-8-21-25;1-3-24(2)18-14-7-6-13(11-12(14)8-10-20-18)21-17-16-15(22-23-17)5-4-9-19-16;1-2-18-16-13-6-5-12(10-11(13)7-9-20-16)21-17-15-14(22-23-17)4-3-8-19-15/h2-13H,1H3,(H2,25,26,27);1-11H,(H2,22,23,24);4-11H,3H2,1-2H3,(H2,21,22,23);3-10H,2H2,1H3,(H,18,20)(H2,21,22,23). The number of benzene rings is 5. The molecule has 0 aliphatic rings. The van der Waals surface area contributed by atoms with E-state index in [1.807, 2.05) is 171 Å². The minimum absolute atomic E-state index is 0.583. The lowest BCUT2D eigenvalue weighted by Crippen LogP contribution is -2.17. The van der Waals surface area contributed by atoms with Crippen molar-refractivity contribution in [2.75, 3.05) is 51.6 Å². The maximum Gasteiger partial charge on any atom is 0.227 e. The Kier molecular flexibility index (Phi) is 17.5. The monoisotopic (exact) mass is 1320 g/mol. The molecule has 13 aromatic heterocycles. The number of hydrogen-bond acceptors (Lipinski definition) is 20. The Balaban J connectivity index is 0.000000109. The Morgan fingerprint density at radius 1 is 0.400 bits per heavy atom. The molecule has 0 radical (unpaired) electrons. The number of aromatic amines is 4. The largest absolute Gasteiger partial charge is 0.438 e. The van der Waals surface area contributed by atoms with Gasteiger partial charge in [-0.3, -0.25) is 40.3 Å². The van der Waals surface area contributed by atoms with Crippen LogP contribution in [0.1, 0.15) is 19.4 Å². The molecule has 13 heterocycles. The molecule has 0 bridgehead atoms. The SMILES string of the molecule is CCN(C)c1nccc2cc(Nc3n[nH]c4cccnc34)ccc12.CCNc1nccc2cc(Nc3n[nH]c4cccnc34)ccc12.Cc1ccc(Oc2nccc3cc(Nc4n[nH]c5cccnc45)ccc23)cc1.c1cnc2c(Nc3ccc4c(-n5cccn5)nccc4c3)n[nH]c2c1. The molecule has 18 aromatic rings. The summed E-state index contributed by atoms with van der Waals surface area (Å²) in [5, 5.41) is 58.6. The van der Waals surface area contributed by atoms with Gasteiger partial charge < -0.3 is 36.2 Å². The van der Waals surface area contributed by atoms with Gasteiger partial charge in [0, 0.05) is 126 Å². The first-order chi connectivity index (χ1) is 49.2. The van der Waals surface area contributed by atoms with Gasteiger partial charge in [0.15, 0.2) is 29.1 Å². The van der Waals surface area contributed by atoms with Crippen LogP contribution in [0.15, 0.2) is 238 Å². The lowest BCUT2D eigenvalue weighted by Gasteiger charge is -2.17. The molecular weight excluding hydrogens is 1250 g/mol. The molecule has 9 N–H and O–H groups in total. The number of H-pyrrole nitrogens is 4. The van der Waals surface area contributed by atoms with E-state index in [2.05, 4.69) is 168 Å². The highest BCUT2D eigenvalue weighted by Gasteiger charge is 2.15. The van der Waals surface area contributed by atoms with Crippen molar-refractivity contribution in [1.82, 2.24) is 90.4 Å². The van der Waals surface area contributed by atoms with E-state index in [0.717, 1.165) is 158 Å². The highest BCUT2D eigenvalue weighted by molar-refractivity contribution is 5.99. The van der Waals surface area contributed by atoms with Gasteiger partial charge in [0.25, 0.3) is 0 Å². The number of fused-ring (bicyclic) bond motifs is 8. The van der Waals surface area contributed by atoms with Crippen molar-refractivity contribution in [3.05, 3.63) is 243 Å². The van der Waals surface area contributed by atoms with Crippen LogP contribution in [0.4, 0.5) is 57.7 Å². The quantitative estimate of drug-likeness (QED) is 0.0461. The topological polar surface area (TPSA) is 308 Å². The number of rotatable bonds is 15. The fourth-order valence-corrected chi connectivity index (χ4v) is 11.4. The normalized spacial score (nSPS) is 11.1. The van der Waals surface area contributed by atoms with Crippen molar-refractivity contribution in [3.8, 4) is 17.4 Å². The fourth-order valence-electron chi connectivity index (χ4n) is 11.4. The number of pyridine rings is 8. The summed E-state index contributed by atoms with van der Waals surface area (Å²) in [4.78, 5) is 37.4. The summed E-state index contributed by atoms with van der Waals surface area (Å²) in [6.45, 7) is 7.99. The first kappa shape index (κ1) is 62.2. The molecule has 0 fully saturated rings. The average Bonchev–Trinajstić information content (AvgIpc) is 1.21. The minimum atomic E-state index is 0.583. The van der Waals surface area contributed by atoms with E-state index in [9.17, 15) is 0 Å². The van der Waals surface area contributed by atoms with E-state index in [0.29, 0.717) is 17.5 Å². The highest BCUT2D eigenvalue weighted by atomic mass is 16.5. The molecule has 18 rings (SSSR count). The Morgan fingerprint density at radius 2 is 0.830 bits per heavy atom. The van der Waals surface area contributed by atoms with E-state index >= 15 is 0 Å². The maximum atomic E-state index is 5.99. The predicted octanol–water partition coefficient (Wildman–Crippen LogP) is 16.2. The molecule has 0 amide bonds. The Labute approximate surface area is 570 Å². The maximum absolute atomic E-state index is 5.99. The minimum Gasteiger partial charge on any atom is -0.438 e. The second kappa shape index (κ2) is 28.2. The third-order valence-corrected chi connectivity index (χ3v) is 16.4. The molecule has 0 aliphatic heterocycles. The molecule has 100 heavy (non-hydrogen) atoms. The lowest BCUT2D eigenvalue weighted by atomic mass is 10.1. The van der Waals surface area contributed by atoms with Crippen molar-refractivity contribution in [2.24, 2.45) is 0 Å². The molecular formula is C75H64N24O. The van der Waals surface area contributed by atoms with E-state index < -0.39 is 0 Å². The summed E-state index contributed by atoms with van der Waals surface area (Å²) >= 11 is 0. The van der Waals surface area contributed by atoms with Crippen molar-refractivity contribution in [2.45, 2.75) is 20.8 Å². The first-order valence-corrected chi connectivity index (χ1v) is 32.2. The molecule has 0 spiro atoms. The van der Waals surface area contributed by atoms with Crippen LogP contribution >= 0.6 is 0 Å². The van der Waals surface area contributed by atoms with Gasteiger partial charge in [-0.1, -0.05) is 17.7 Å². The number of anilines is 10. The number of ether oxygens (including phenoxy) is 1. The van der Waals surface area contributed by atoms with Gasteiger partial charge in [-0.05, 0) is 206 Å². The van der Waals surface area contributed by atoms with Gasteiger partial charge in [-0.15, -0.1) is 0 Å². The number of nitrogens with one attached hydrogen (secondary N) is 9. The predicted molar refractivity (Wildman–Crippen MR) is 397 cm³/mol. The molecule has 490 valence electrons. The van der Waals surface area contributed by atoms with Crippen LogP contribution < -0.4 is 36.2 Å². The van der Waals surface area contributed by atoms with Crippen molar-refractivity contribution in [1.29, 1.82) is 0 Å². The molecule has 0 saturated heterocycles. The van der Waals surface area contributed by atoms with Crippen LogP contribution in [0.25, 0.3) is 93.0 Å². The van der Waals surface area contributed by atoms with Gasteiger partial charge in [0.2, 0.25) is 5.88 Å². The van der Waals surface area contributed by atoms with Gasteiger partial charge in [-0.25, -0.2) is 24.6 Å². The Hall–Kier alpha value is -14.0. The highest BCUT2D eigenvalue weighted by Crippen LogP contribution is 2.34. The molecule has 0 unspecified atom stereocenters. The first-order valence-electron chi connectivity index (χ1n) is 32.2. The zero-order valence-electron chi connectivity index (χ0n) is 54.5. The van der Waals surface area contributed by atoms with Crippen molar-refractivity contribution in [3.63, 3.8) is 0 Å². The molecule has 0 atom stereocenters. The summed E-state index contributed by atoms with van der Waals surface area (Å²) in [5.41, 5.74) is 11.9. The fraction of sp³-hybridized carbons (Fsp3) is 0.0800. The zero-order chi connectivity index (χ0) is 67.7. The van der Waals surface area contributed by atoms with E-state index in [4.69, 9.17) is 4.74 Å². The van der Waals surface area contributed by atoms with Gasteiger partial charge >= 0.3 is 0 Å². The third-order valence-electron chi connectivity index (χ3n) is 16.4. The molecule has 0 saturated carbocycles. The molecule has 0 aliphatic carbocycles. The van der Waals surface area contributed by atoms with Gasteiger partial charge in [-0.2, -0.15) is 25.5 Å². The number of nitrogens with zero attached hydrogens (tertiary/aromatic N) is 15. The van der Waals surface area contributed by atoms with Gasteiger partial charge in [0.05, 0.1) is 22.1 Å². The molecule has 5 aromatic carbocycles. The average molecular weight is 1320 g/mol. The zero-order valence-corrected chi connectivity index (χ0v) is 54.5. The van der Waals surface area contributed by atoms with Crippen LogP contribution in [0.2, 0.25) is 0 Å². The second-order valence-electron chi connectivity index (χ2n) is 23.1. The van der Waals surface area contributed by atoms with Crippen LogP contribution in [-0.4, -0.2) is 111 Å². The van der Waals surface area contributed by atoms with Crippen molar-refractivity contribution < 1.29 is 4.74 Å². The van der Waals surface area contributed by atoms with E-state index in [-0.39, 0.29) is 0 Å². The van der Waals surface area contributed by atoms with Crippen LogP contribution in [-0.2, 0) is 0 Å². The summed E-state index contributed by atoms with van der Waals surface area (Å²) in [7, 11) is 2.05. The summed E-state index contributed by atoms with van der Waals surface area (Å²) in [6.07, 6.45) is 17.9. The molecule has 25 heteroatoms. The molecule has 25 nitrogen and oxygen atoms in total. The number of aromatic nitrogens is 18. The van der Waals surface area contributed by atoms with Crippen LogP contribution in [0.5, 0.6) is 11.6 Å². The smallest absolute Gasteiger partial charge is 0.227 e. The van der Waals surface area contributed by atoms with Crippen molar-refractivity contribution >= 4 is 145 Å². The van der Waals surface area contributed by atoms with Gasteiger partial charge in [0.1, 0.15) is 39.5 Å². The Morgan fingerprint density at radius 3 is 1.31 bits per heavy atom. The van der Waals surface area contributed by atoms with Crippen LogP contribution in [0.3, 0.4) is 0 Å². The Bertz CT molecular complexity index is 5870. The summed E-state index contributed by atoms with van der Waals surface area (Å²) in [5.74, 6) is 6.90. The lowest BCUT2D eigenvalue weighted by molar-refractivity contribution is 0.469. The van der Waals surface area contributed by atoms with E-state index in [1.54, 1.807) is 48.1 Å². The second-order valence-corrected chi connectivity index (χ2v) is 23.1.